The number of nitrogens with zero attached hydrogens (tertiary/aromatic N) is 4. The summed E-state index contributed by atoms with van der Waals surface area (Å²) in [6.07, 6.45) is 1.66. The van der Waals surface area contributed by atoms with Gasteiger partial charge in [-0.25, -0.2) is 17.8 Å². The van der Waals surface area contributed by atoms with Gasteiger partial charge in [0.15, 0.2) is 0 Å². The summed E-state index contributed by atoms with van der Waals surface area (Å²) in [5.74, 6) is 0.520. The minimum absolute atomic E-state index is 0.196. The molecular weight excluding hydrogens is 531 g/mol. The van der Waals surface area contributed by atoms with Crippen molar-refractivity contribution in [2.45, 2.75) is 4.90 Å². The maximum absolute atomic E-state index is 13.2. The van der Waals surface area contributed by atoms with Crippen LogP contribution in [0, 0.1) is 5.82 Å². The Morgan fingerprint density at radius 1 is 0.875 bits per heavy atom. The van der Waals surface area contributed by atoms with Gasteiger partial charge in [0, 0.05) is 45.0 Å². The molecule has 0 atom stereocenters. The Balaban J connectivity index is 1.22. The van der Waals surface area contributed by atoms with Crippen LogP contribution >= 0.6 is 0 Å². The quantitative estimate of drug-likeness (QED) is 0.302. The van der Waals surface area contributed by atoms with Crippen LogP contribution in [-0.2, 0) is 10.0 Å². The number of benzene rings is 3. The molecule has 1 aromatic heterocycles. The minimum Gasteiger partial charge on any atom is -0.457 e. The minimum atomic E-state index is -3.67. The highest BCUT2D eigenvalue weighted by molar-refractivity contribution is 7.89. The molecule has 0 radical (unpaired) electrons. The number of hydrogen-bond acceptors (Lipinski definition) is 6. The molecule has 40 heavy (non-hydrogen) atoms. The van der Waals surface area contributed by atoms with Crippen molar-refractivity contribution in [2.75, 3.05) is 33.2 Å². The number of carbonyl (C=O) groups is 1. The fourth-order valence-electron chi connectivity index (χ4n) is 4.36. The average molecular weight is 559 g/mol. The number of rotatable bonds is 7. The van der Waals surface area contributed by atoms with Crippen molar-refractivity contribution in [1.29, 1.82) is 0 Å². The third kappa shape index (κ3) is 6.08. The Kier molecular flexibility index (Phi) is 7.99. The SMILES string of the molecule is CN=Cc1ccc(S(=O)(=O)N2CCN(C(=O)c3cccc(-c4ccc(Oc5ccc(F)cc5)cc4)n3)CC2)cc1. The van der Waals surface area contributed by atoms with E-state index in [0.29, 0.717) is 17.2 Å². The molecule has 204 valence electrons. The summed E-state index contributed by atoms with van der Waals surface area (Å²) in [6.45, 7) is 0.919. The van der Waals surface area contributed by atoms with Crippen molar-refractivity contribution >= 4 is 22.1 Å². The van der Waals surface area contributed by atoms with Gasteiger partial charge in [-0.15, -0.1) is 0 Å². The number of ether oxygens (including phenoxy) is 1. The molecule has 1 aliphatic rings. The summed E-state index contributed by atoms with van der Waals surface area (Å²) in [7, 11) is -2.01. The number of hydrogen-bond donors (Lipinski definition) is 0. The number of halogens is 1. The van der Waals surface area contributed by atoms with Crippen molar-refractivity contribution in [3.63, 3.8) is 0 Å². The molecule has 1 fully saturated rings. The van der Waals surface area contributed by atoms with Gasteiger partial charge in [-0.05, 0) is 78.4 Å². The Bertz CT molecular complexity index is 1620. The van der Waals surface area contributed by atoms with E-state index in [2.05, 4.69) is 9.98 Å². The molecule has 0 bridgehead atoms. The van der Waals surface area contributed by atoms with Gasteiger partial charge in [-0.1, -0.05) is 18.2 Å². The summed E-state index contributed by atoms with van der Waals surface area (Å²) in [6, 6.07) is 24.8. The van der Waals surface area contributed by atoms with Crippen LogP contribution in [0.3, 0.4) is 0 Å². The van der Waals surface area contributed by atoms with E-state index >= 15 is 0 Å². The summed E-state index contributed by atoms with van der Waals surface area (Å²) in [5, 5.41) is 0. The van der Waals surface area contributed by atoms with Crippen molar-refractivity contribution in [3.05, 3.63) is 108 Å². The fourth-order valence-corrected chi connectivity index (χ4v) is 5.79. The van der Waals surface area contributed by atoms with E-state index in [1.807, 2.05) is 18.2 Å². The van der Waals surface area contributed by atoms with Gasteiger partial charge in [0.25, 0.3) is 5.91 Å². The predicted molar refractivity (Wildman–Crippen MR) is 151 cm³/mol. The fraction of sp³-hybridized carbons (Fsp3) is 0.167. The van der Waals surface area contributed by atoms with E-state index in [4.69, 9.17) is 4.74 Å². The molecule has 5 rings (SSSR count). The third-order valence-electron chi connectivity index (χ3n) is 6.49. The number of pyridine rings is 1. The maximum atomic E-state index is 13.2. The molecule has 1 amide bonds. The maximum Gasteiger partial charge on any atom is 0.272 e. The highest BCUT2D eigenvalue weighted by atomic mass is 32.2. The highest BCUT2D eigenvalue weighted by Gasteiger charge is 2.30. The topological polar surface area (TPSA) is 92.2 Å². The summed E-state index contributed by atoms with van der Waals surface area (Å²) >= 11 is 0. The molecule has 0 aliphatic carbocycles. The van der Waals surface area contributed by atoms with Crippen LogP contribution < -0.4 is 4.74 Å². The molecule has 8 nitrogen and oxygen atoms in total. The van der Waals surface area contributed by atoms with Gasteiger partial charge in [0.2, 0.25) is 10.0 Å². The second-order valence-electron chi connectivity index (χ2n) is 9.14. The first-order chi connectivity index (χ1) is 19.3. The lowest BCUT2D eigenvalue weighted by Crippen LogP contribution is -2.50. The Hall–Kier alpha value is -4.41. The number of piperazine rings is 1. The van der Waals surface area contributed by atoms with Crippen molar-refractivity contribution in [3.8, 4) is 22.8 Å². The second-order valence-corrected chi connectivity index (χ2v) is 11.1. The van der Waals surface area contributed by atoms with Crippen molar-refractivity contribution in [1.82, 2.24) is 14.2 Å². The van der Waals surface area contributed by atoms with Crippen LogP contribution in [-0.4, -0.2) is 68.0 Å². The molecule has 1 aliphatic heterocycles. The van der Waals surface area contributed by atoms with Crippen molar-refractivity contribution in [2.24, 2.45) is 4.99 Å². The van der Waals surface area contributed by atoms with Crippen LogP contribution in [0.4, 0.5) is 4.39 Å². The molecule has 1 saturated heterocycles. The number of carbonyl (C=O) groups excluding carboxylic acids is 1. The van der Waals surface area contributed by atoms with E-state index in [1.165, 1.54) is 16.4 Å². The number of amides is 1. The first-order valence-corrected chi connectivity index (χ1v) is 14.1. The zero-order chi connectivity index (χ0) is 28.1. The first-order valence-electron chi connectivity index (χ1n) is 12.7. The lowest BCUT2D eigenvalue weighted by molar-refractivity contribution is 0.0692. The molecular formula is C30H27FN4O4S. The van der Waals surface area contributed by atoms with E-state index in [1.54, 1.807) is 78.8 Å². The van der Waals surface area contributed by atoms with Gasteiger partial charge < -0.3 is 9.64 Å². The highest BCUT2D eigenvalue weighted by Crippen LogP contribution is 2.26. The molecule has 3 aromatic carbocycles. The van der Waals surface area contributed by atoms with Gasteiger partial charge in [-0.2, -0.15) is 4.31 Å². The normalized spacial score (nSPS) is 14.4. The number of aliphatic imine (C=N–C) groups is 1. The zero-order valence-electron chi connectivity index (χ0n) is 21.8. The molecule has 4 aromatic rings. The molecule has 10 heteroatoms. The van der Waals surface area contributed by atoms with Crippen LogP contribution in [0.5, 0.6) is 11.5 Å². The first kappa shape index (κ1) is 27.2. The van der Waals surface area contributed by atoms with Crippen molar-refractivity contribution < 1.29 is 22.3 Å². The third-order valence-corrected chi connectivity index (χ3v) is 8.40. The van der Waals surface area contributed by atoms with Crippen LogP contribution in [0.2, 0.25) is 0 Å². The van der Waals surface area contributed by atoms with Gasteiger partial charge in [-0.3, -0.25) is 9.79 Å². The summed E-state index contributed by atoms with van der Waals surface area (Å²) in [4.78, 5) is 23.6. The summed E-state index contributed by atoms with van der Waals surface area (Å²) in [5.41, 5.74) is 2.53. The molecule has 0 saturated carbocycles. The Labute approximate surface area is 232 Å². The molecule has 0 spiro atoms. The van der Waals surface area contributed by atoms with Crippen LogP contribution in [0.25, 0.3) is 11.3 Å². The lowest BCUT2D eigenvalue weighted by atomic mass is 10.1. The molecule has 0 N–H and O–H groups in total. The smallest absolute Gasteiger partial charge is 0.272 e. The van der Waals surface area contributed by atoms with Gasteiger partial charge in [0.1, 0.15) is 23.0 Å². The summed E-state index contributed by atoms with van der Waals surface area (Å²) < 4.78 is 46.5. The van der Waals surface area contributed by atoms with Gasteiger partial charge in [0.05, 0.1) is 10.6 Å². The van der Waals surface area contributed by atoms with E-state index in [0.717, 1.165) is 11.1 Å². The van der Waals surface area contributed by atoms with E-state index < -0.39 is 10.0 Å². The van der Waals surface area contributed by atoms with Crippen LogP contribution in [0.1, 0.15) is 16.1 Å². The number of sulfonamides is 1. The number of aromatic nitrogens is 1. The zero-order valence-corrected chi connectivity index (χ0v) is 22.6. The standard InChI is InChI=1S/C30H27FN4O4S/c1-32-21-22-5-15-27(16-6-22)40(37,38)35-19-17-34(18-20-35)30(36)29-4-2-3-28(33-29)23-7-11-25(12-8-23)39-26-13-9-24(31)10-14-26/h2-16,21H,17-20H2,1H3. The monoisotopic (exact) mass is 558 g/mol. The average Bonchev–Trinajstić information content (AvgIpc) is 2.99. The van der Waals surface area contributed by atoms with E-state index in [9.17, 15) is 17.6 Å². The second kappa shape index (κ2) is 11.8. The Morgan fingerprint density at radius 3 is 2.12 bits per heavy atom. The van der Waals surface area contributed by atoms with E-state index in [-0.39, 0.29) is 48.5 Å². The lowest BCUT2D eigenvalue weighted by Gasteiger charge is -2.33. The largest absolute Gasteiger partial charge is 0.457 e. The van der Waals surface area contributed by atoms with Crippen LogP contribution in [0.15, 0.2) is 101 Å². The Morgan fingerprint density at radius 2 is 1.50 bits per heavy atom. The molecule has 2 heterocycles. The molecule has 0 unspecified atom stereocenters. The predicted octanol–water partition coefficient (Wildman–Crippen LogP) is 4.88. The van der Waals surface area contributed by atoms with Gasteiger partial charge >= 0.3 is 0 Å².